The van der Waals surface area contributed by atoms with E-state index in [2.05, 4.69) is 47.7 Å². The lowest BCUT2D eigenvalue weighted by atomic mass is 10.1. The number of hydrogen-bond donors (Lipinski definition) is 3. The van der Waals surface area contributed by atoms with Gasteiger partial charge in [0.2, 0.25) is 0 Å². The fraction of sp³-hybridized carbons (Fsp3) is 0.562. The van der Waals surface area contributed by atoms with Crippen LogP contribution in [-0.4, -0.2) is 37.4 Å². The minimum absolute atomic E-state index is 0. The topological polar surface area (TPSA) is 65.9 Å². The van der Waals surface area contributed by atoms with Crippen molar-refractivity contribution in [1.82, 2.24) is 10.6 Å². The summed E-state index contributed by atoms with van der Waals surface area (Å²) in [7, 11) is 0. The van der Waals surface area contributed by atoms with Crippen molar-refractivity contribution in [2.45, 2.75) is 33.7 Å². The zero-order valence-electron chi connectivity index (χ0n) is 13.7. The van der Waals surface area contributed by atoms with Crippen molar-refractivity contribution in [3.05, 3.63) is 29.3 Å². The van der Waals surface area contributed by atoms with Gasteiger partial charge in [-0.2, -0.15) is 0 Å². The first-order chi connectivity index (χ1) is 10.2. The Morgan fingerprint density at radius 2 is 2.05 bits per heavy atom. The van der Waals surface area contributed by atoms with Gasteiger partial charge in [-0.1, -0.05) is 19.1 Å². The molecule has 0 unspecified atom stereocenters. The van der Waals surface area contributed by atoms with Gasteiger partial charge >= 0.3 is 0 Å². The van der Waals surface area contributed by atoms with Gasteiger partial charge in [0.15, 0.2) is 5.96 Å². The van der Waals surface area contributed by atoms with Crippen LogP contribution in [0.25, 0.3) is 0 Å². The summed E-state index contributed by atoms with van der Waals surface area (Å²) >= 11 is 0. The molecule has 0 saturated carbocycles. The Balaban J connectivity index is 0.00000441. The van der Waals surface area contributed by atoms with E-state index in [9.17, 15) is 0 Å². The summed E-state index contributed by atoms with van der Waals surface area (Å²) in [6, 6.07) is 6.17. The van der Waals surface area contributed by atoms with Gasteiger partial charge < -0.3 is 20.5 Å². The number of aliphatic hydroxyl groups is 1. The SMILES string of the molecule is CCCOc1cc(C)ccc1CN=C(NCC)NCCO.I. The maximum atomic E-state index is 8.88. The molecule has 0 aliphatic heterocycles. The van der Waals surface area contributed by atoms with Gasteiger partial charge in [0.05, 0.1) is 19.8 Å². The number of rotatable bonds is 8. The molecule has 3 N–H and O–H groups in total. The van der Waals surface area contributed by atoms with Gasteiger partial charge in [-0.25, -0.2) is 4.99 Å². The molecule has 0 heterocycles. The van der Waals surface area contributed by atoms with Crippen LogP contribution in [-0.2, 0) is 6.54 Å². The van der Waals surface area contributed by atoms with E-state index in [0.717, 1.165) is 24.3 Å². The van der Waals surface area contributed by atoms with E-state index in [0.29, 0.717) is 25.7 Å². The molecule has 1 aromatic rings. The molecular formula is C16H28IN3O2. The average Bonchev–Trinajstić information content (AvgIpc) is 2.49. The van der Waals surface area contributed by atoms with Gasteiger partial charge in [0, 0.05) is 18.7 Å². The summed E-state index contributed by atoms with van der Waals surface area (Å²) in [5, 5.41) is 15.1. The molecule has 0 radical (unpaired) electrons. The van der Waals surface area contributed by atoms with Gasteiger partial charge in [0.25, 0.3) is 0 Å². The van der Waals surface area contributed by atoms with Crippen LogP contribution in [0.2, 0.25) is 0 Å². The summed E-state index contributed by atoms with van der Waals surface area (Å²) in [6.45, 7) is 8.76. The number of hydrogen-bond acceptors (Lipinski definition) is 3. The zero-order valence-corrected chi connectivity index (χ0v) is 16.0. The molecular weight excluding hydrogens is 393 g/mol. The molecule has 0 aromatic heterocycles. The summed E-state index contributed by atoms with van der Waals surface area (Å²) < 4.78 is 5.79. The molecule has 1 rings (SSSR count). The maximum Gasteiger partial charge on any atom is 0.191 e. The molecule has 0 spiro atoms. The van der Waals surface area contributed by atoms with Crippen LogP contribution in [0.1, 0.15) is 31.4 Å². The first-order valence-corrected chi connectivity index (χ1v) is 7.56. The number of halogens is 1. The summed E-state index contributed by atoms with van der Waals surface area (Å²) in [4.78, 5) is 4.52. The lowest BCUT2D eigenvalue weighted by Crippen LogP contribution is -2.38. The van der Waals surface area contributed by atoms with Gasteiger partial charge in [-0.3, -0.25) is 0 Å². The van der Waals surface area contributed by atoms with Gasteiger partial charge in [-0.05, 0) is 31.9 Å². The number of guanidine groups is 1. The Kier molecular flexibility index (Phi) is 11.9. The van der Waals surface area contributed by atoms with Crippen LogP contribution in [0.5, 0.6) is 5.75 Å². The number of aliphatic hydroxyl groups excluding tert-OH is 1. The van der Waals surface area contributed by atoms with E-state index in [1.54, 1.807) is 0 Å². The Bertz CT molecular complexity index is 453. The van der Waals surface area contributed by atoms with E-state index >= 15 is 0 Å². The van der Waals surface area contributed by atoms with Crippen LogP contribution in [0.4, 0.5) is 0 Å². The smallest absolute Gasteiger partial charge is 0.191 e. The molecule has 0 bridgehead atoms. The van der Waals surface area contributed by atoms with Crippen molar-refractivity contribution in [2.24, 2.45) is 4.99 Å². The predicted octanol–water partition coefficient (Wildman–Crippen LogP) is 2.45. The minimum atomic E-state index is 0. The van der Waals surface area contributed by atoms with Crippen molar-refractivity contribution in [2.75, 3.05) is 26.3 Å². The Morgan fingerprint density at radius 3 is 2.68 bits per heavy atom. The van der Waals surface area contributed by atoms with E-state index in [-0.39, 0.29) is 30.6 Å². The Labute approximate surface area is 150 Å². The van der Waals surface area contributed by atoms with Crippen LogP contribution in [0.3, 0.4) is 0 Å². The predicted molar refractivity (Wildman–Crippen MR) is 102 cm³/mol. The largest absolute Gasteiger partial charge is 0.493 e. The first-order valence-electron chi connectivity index (χ1n) is 7.56. The summed E-state index contributed by atoms with van der Waals surface area (Å²) in [6.07, 6.45) is 0.983. The molecule has 0 aliphatic carbocycles. The number of nitrogens with zero attached hydrogens (tertiary/aromatic N) is 1. The van der Waals surface area contributed by atoms with E-state index in [1.165, 1.54) is 5.56 Å². The molecule has 6 heteroatoms. The highest BCUT2D eigenvalue weighted by molar-refractivity contribution is 14.0. The molecule has 1 aromatic carbocycles. The number of benzene rings is 1. The lowest BCUT2D eigenvalue weighted by molar-refractivity contribution is 0.300. The third-order valence-electron chi connectivity index (χ3n) is 2.84. The Morgan fingerprint density at radius 1 is 1.27 bits per heavy atom. The van der Waals surface area contributed by atoms with Gasteiger partial charge in [0.1, 0.15) is 5.75 Å². The summed E-state index contributed by atoms with van der Waals surface area (Å²) in [5.74, 6) is 1.60. The number of ether oxygens (including phenoxy) is 1. The first kappa shape index (κ1) is 21.0. The van der Waals surface area contributed by atoms with Crippen LogP contribution >= 0.6 is 24.0 Å². The standard InChI is InChI=1S/C16H27N3O2.HI/c1-4-10-21-15-11-13(3)6-7-14(15)12-19-16(17-5-2)18-8-9-20;/h6-7,11,20H,4-5,8-10,12H2,1-3H3,(H2,17,18,19);1H. The van der Waals surface area contributed by atoms with Crippen molar-refractivity contribution in [3.8, 4) is 5.75 Å². The average molecular weight is 421 g/mol. The molecule has 0 atom stereocenters. The monoisotopic (exact) mass is 421 g/mol. The fourth-order valence-corrected chi connectivity index (χ4v) is 1.82. The Hall–Kier alpha value is -1.02. The summed E-state index contributed by atoms with van der Waals surface area (Å²) in [5.41, 5.74) is 2.24. The maximum absolute atomic E-state index is 8.88. The van der Waals surface area contributed by atoms with E-state index < -0.39 is 0 Å². The van der Waals surface area contributed by atoms with E-state index in [1.807, 2.05) is 6.92 Å². The van der Waals surface area contributed by atoms with Crippen molar-refractivity contribution in [1.29, 1.82) is 0 Å². The van der Waals surface area contributed by atoms with Crippen LogP contribution in [0, 0.1) is 6.92 Å². The second-order valence-corrected chi connectivity index (χ2v) is 4.81. The molecule has 0 saturated heterocycles. The quantitative estimate of drug-likeness (QED) is 0.343. The zero-order chi connectivity index (χ0) is 15.5. The number of aryl methyl sites for hydroxylation is 1. The molecule has 126 valence electrons. The number of nitrogens with one attached hydrogen (secondary N) is 2. The highest BCUT2D eigenvalue weighted by Gasteiger charge is 2.04. The highest BCUT2D eigenvalue weighted by Crippen LogP contribution is 2.21. The molecule has 0 aliphatic rings. The third kappa shape index (κ3) is 7.84. The second kappa shape index (κ2) is 12.5. The molecule has 0 amide bonds. The highest BCUT2D eigenvalue weighted by atomic mass is 127. The number of aliphatic imine (C=N–C) groups is 1. The lowest BCUT2D eigenvalue weighted by Gasteiger charge is -2.13. The third-order valence-corrected chi connectivity index (χ3v) is 2.84. The van der Waals surface area contributed by atoms with Crippen LogP contribution < -0.4 is 15.4 Å². The van der Waals surface area contributed by atoms with Gasteiger partial charge in [-0.15, -0.1) is 24.0 Å². The molecule has 0 fully saturated rings. The van der Waals surface area contributed by atoms with E-state index in [4.69, 9.17) is 9.84 Å². The second-order valence-electron chi connectivity index (χ2n) is 4.81. The van der Waals surface area contributed by atoms with Crippen LogP contribution in [0.15, 0.2) is 23.2 Å². The van der Waals surface area contributed by atoms with Crippen molar-refractivity contribution >= 4 is 29.9 Å². The molecule has 22 heavy (non-hydrogen) atoms. The normalized spacial score (nSPS) is 10.8. The van der Waals surface area contributed by atoms with Crippen molar-refractivity contribution < 1.29 is 9.84 Å². The fourth-order valence-electron chi connectivity index (χ4n) is 1.82. The molecule has 5 nitrogen and oxygen atoms in total. The van der Waals surface area contributed by atoms with Crippen molar-refractivity contribution in [3.63, 3.8) is 0 Å². The minimum Gasteiger partial charge on any atom is -0.493 e.